The van der Waals surface area contributed by atoms with Gasteiger partial charge in [0.25, 0.3) is 6.47 Å². The number of aliphatic hydroxyl groups is 2. The second-order valence-corrected chi connectivity index (χ2v) is 5.96. The van der Waals surface area contributed by atoms with Crippen LogP contribution in [-0.4, -0.2) is 46.9 Å². The SMILES string of the molecule is C[C@@]1(OC=O)C([C@@H](O)[C@@H]2C=CCCC2)NC(=O)[C@@H]1CCO. The molecule has 1 saturated heterocycles. The minimum absolute atomic E-state index is 0.0634. The van der Waals surface area contributed by atoms with Crippen molar-refractivity contribution in [1.82, 2.24) is 5.32 Å². The number of carbonyl (C=O) groups excluding carboxylic acids is 2. The minimum atomic E-state index is -1.15. The first-order valence-corrected chi connectivity index (χ1v) is 7.42. The van der Waals surface area contributed by atoms with Gasteiger partial charge in [-0.25, -0.2) is 0 Å². The van der Waals surface area contributed by atoms with E-state index in [9.17, 15) is 14.7 Å². The molecule has 1 aliphatic heterocycles. The van der Waals surface area contributed by atoms with Crippen molar-refractivity contribution >= 4 is 12.4 Å². The van der Waals surface area contributed by atoms with Crippen LogP contribution in [0, 0.1) is 11.8 Å². The molecule has 0 aromatic rings. The summed E-state index contributed by atoms with van der Waals surface area (Å²) >= 11 is 0. The lowest BCUT2D eigenvalue weighted by atomic mass is 9.77. The largest absolute Gasteiger partial charge is 0.458 e. The monoisotopic (exact) mass is 297 g/mol. The van der Waals surface area contributed by atoms with E-state index in [1.165, 1.54) is 0 Å². The molecule has 1 unspecified atom stereocenters. The maximum atomic E-state index is 12.1. The van der Waals surface area contributed by atoms with Crippen molar-refractivity contribution in [2.45, 2.75) is 50.4 Å². The summed E-state index contributed by atoms with van der Waals surface area (Å²) in [6.45, 7) is 1.77. The van der Waals surface area contributed by atoms with Gasteiger partial charge in [-0.05, 0) is 32.6 Å². The highest BCUT2D eigenvalue weighted by atomic mass is 16.5. The Bertz CT molecular complexity index is 424. The van der Waals surface area contributed by atoms with Crippen molar-refractivity contribution in [2.24, 2.45) is 11.8 Å². The first-order valence-electron chi connectivity index (χ1n) is 7.42. The Morgan fingerprint density at radius 2 is 2.38 bits per heavy atom. The van der Waals surface area contributed by atoms with E-state index in [4.69, 9.17) is 9.84 Å². The zero-order valence-electron chi connectivity index (χ0n) is 12.2. The number of ether oxygens (including phenoxy) is 1. The maximum Gasteiger partial charge on any atom is 0.293 e. The van der Waals surface area contributed by atoms with E-state index >= 15 is 0 Å². The summed E-state index contributed by atoms with van der Waals surface area (Å²) in [7, 11) is 0. The fourth-order valence-electron chi connectivity index (χ4n) is 3.47. The molecule has 0 spiro atoms. The van der Waals surface area contributed by atoms with Crippen molar-refractivity contribution in [2.75, 3.05) is 6.61 Å². The normalized spacial score (nSPS) is 37.1. The Balaban J connectivity index is 2.23. The lowest BCUT2D eigenvalue weighted by Crippen LogP contribution is -2.54. The molecule has 3 N–H and O–H groups in total. The molecule has 0 aromatic carbocycles. The lowest BCUT2D eigenvalue weighted by molar-refractivity contribution is -0.153. The van der Waals surface area contributed by atoms with E-state index in [1.54, 1.807) is 6.92 Å². The van der Waals surface area contributed by atoms with Crippen molar-refractivity contribution in [3.8, 4) is 0 Å². The summed E-state index contributed by atoms with van der Waals surface area (Å²) in [5.74, 6) is -1.01. The van der Waals surface area contributed by atoms with Gasteiger partial charge in [-0.15, -0.1) is 0 Å². The predicted molar refractivity (Wildman–Crippen MR) is 75.2 cm³/mol. The zero-order valence-corrected chi connectivity index (χ0v) is 12.2. The van der Waals surface area contributed by atoms with Gasteiger partial charge >= 0.3 is 0 Å². The molecule has 2 aliphatic rings. The Morgan fingerprint density at radius 1 is 1.62 bits per heavy atom. The van der Waals surface area contributed by atoms with Crippen LogP contribution < -0.4 is 5.32 Å². The van der Waals surface area contributed by atoms with Gasteiger partial charge in [0.15, 0.2) is 0 Å². The first kappa shape index (κ1) is 16.0. The maximum absolute atomic E-state index is 12.1. The Morgan fingerprint density at radius 3 is 2.95 bits per heavy atom. The second-order valence-electron chi connectivity index (χ2n) is 5.96. The average Bonchev–Trinajstić information content (AvgIpc) is 2.73. The fraction of sp³-hybridized carbons (Fsp3) is 0.733. The number of aliphatic hydroxyl groups excluding tert-OH is 2. The standard InChI is InChI=1S/C15H23NO5/c1-15(21-9-18)11(7-8-17)14(20)16-13(15)12(19)10-5-3-2-4-6-10/h3,5,9-13,17,19H,2,4,6-8H2,1H3,(H,16,20)/t10-,11+,12+,13?,15+/m1/s1. The number of carbonyl (C=O) groups is 2. The summed E-state index contributed by atoms with van der Waals surface area (Å²) in [5, 5.41) is 22.5. The topological polar surface area (TPSA) is 95.9 Å². The molecule has 6 heteroatoms. The van der Waals surface area contributed by atoms with Gasteiger partial charge in [0.1, 0.15) is 5.60 Å². The third-order valence-electron chi connectivity index (χ3n) is 4.72. The van der Waals surface area contributed by atoms with Gasteiger partial charge in [0.2, 0.25) is 5.91 Å². The first-order chi connectivity index (χ1) is 10.0. The highest BCUT2D eigenvalue weighted by Crippen LogP contribution is 2.38. The van der Waals surface area contributed by atoms with Crippen LogP contribution in [0.1, 0.15) is 32.6 Å². The van der Waals surface area contributed by atoms with Crippen LogP contribution in [0.15, 0.2) is 12.2 Å². The van der Waals surface area contributed by atoms with E-state index in [-0.39, 0.29) is 24.9 Å². The van der Waals surface area contributed by atoms with Crippen LogP contribution in [0.2, 0.25) is 0 Å². The number of amides is 1. The van der Waals surface area contributed by atoms with Crippen LogP contribution in [-0.2, 0) is 14.3 Å². The van der Waals surface area contributed by atoms with Crippen LogP contribution >= 0.6 is 0 Å². The van der Waals surface area contributed by atoms with E-state index in [0.717, 1.165) is 19.3 Å². The van der Waals surface area contributed by atoms with Gasteiger partial charge < -0.3 is 20.3 Å². The van der Waals surface area contributed by atoms with E-state index in [1.807, 2.05) is 12.2 Å². The quantitative estimate of drug-likeness (QED) is 0.478. The molecule has 0 radical (unpaired) electrons. The van der Waals surface area contributed by atoms with Gasteiger partial charge in [-0.3, -0.25) is 9.59 Å². The number of allylic oxidation sites excluding steroid dienone is 1. The van der Waals surface area contributed by atoms with Gasteiger partial charge in [-0.2, -0.15) is 0 Å². The molecule has 5 atom stereocenters. The van der Waals surface area contributed by atoms with Gasteiger partial charge in [0, 0.05) is 12.5 Å². The van der Waals surface area contributed by atoms with Crippen molar-refractivity contribution < 1.29 is 24.5 Å². The number of nitrogens with one attached hydrogen (secondary N) is 1. The molecule has 0 saturated carbocycles. The molecule has 1 fully saturated rings. The van der Waals surface area contributed by atoms with E-state index in [0.29, 0.717) is 6.47 Å². The van der Waals surface area contributed by atoms with Crippen molar-refractivity contribution in [3.63, 3.8) is 0 Å². The Kier molecular flexibility index (Phi) is 5.00. The van der Waals surface area contributed by atoms with Gasteiger partial charge in [-0.1, -0.05) is 12.2 Å². The number of hydrogen-bond acceptors (Lipinski definition) is 5. The van der Waals surface area contributed by atoms with Crippen molar-refractivity contribution in [1.29, 1.82) is 0 Å². The van der Waals surface area contributed by atoms with E-state index < -0.39 is 23.7 Å². The highest BCUT2D eigenvalue weighted by molar-refractivity contribution is 5.84. The van der Waals surface area contributed by atoms with Crippen molar-refractivity contribution in [3.05, 3.63) is 12.2 Å². The second kappa shape index (κ2) is 6.58. The molecular formula is C15H23NO5. The number of hydrogen-bond donors (Lipinski definition) is 3. The Labute approximate surface area is 124 Å². The molecule has 21 heavy (non-hydrogen) atoms. The van der Waals surface area contributed by atoms with Crippen LogP contribution in [0.4, 0.5) is 0 Å². The van der Waals surface area contributed by atoms with Crippen LogP contribution in [0.5, 0.6) is 0 Å². The summed E-state index contributed by atoms with van der Waals surface area (Å²) < 4.78 is 5.19. The van der Waals surface area contributed by atoms with Crippen LogP contribution in [0.25, 0.3) is 0 Å². The fourth-order valence-corrected chi connectivity index (χ4v) is 3.47. The molecule has 1 amide bonds. The number of rotatable bonds is 6. The Hall–Kier alpha value is -1.40. The summed E-state index contributed by atoms with van der Waals surface area (Å²) in [6.07, 6.45) is 6.18. The third-order valence-corrected chi connectivity index (χ3v) is 4.72. The molecule has 6 nitrogen and oxygen atoms in total. The van der Waals surface area contributed by atoms with E-state index in [2.05, 4.69) is 5.32 Å². The molecule has 1 aliphatic carbocycles. The summed E-state index contributed by atoms with van der Waals surface area (Å²) in [6, 6.07) is -0.667. The zero-order chi connectivity index (χ0) is 15.5. The molecular weight excluding hydrogens is 274 g/mol. The highest BCUT2D eigenvalue weighted by Gasteiger charge is 2.56. The molecule has 0 aromatic heterocycles. The van der Waals surface area contributed by atoms with Gasteiger partial charge in [0.05, 0.1) is 18.1 Å². The minimum Gasteiger partial charge on any atom is -0.458 e. The summed E-state index contributed by atoms with van der Waals surface area (Å²) in [5.41, 5.74) is -1.15. The summed E-state index contributed by atoms with van der Waals surface area (Å²) in [4.78, 5) is 23.0. The van der Waals surface area contributed by atoms with Crippen LogP contribution in [0.3, 0.4) is 0 Å². The molecule has 2 rings (SSSR count). The third kappa shape index (κ3) is 2.96. The molecule has 118 valence electrons. The average molecular weight is 297 g/mol. The smallest absolute Gasteiger partial charge is 0.293 e. The lowest BCUT2D eigenvalue weighted by Gasteiger charge is -2.37. The molecule has 0 bridgehead atoms. The molecule has 1 heterocycles. The predicted octanol–water partition coefficient (Wildman–Crippen LogP) is 0.132.